The van der Waals surface area contributed by atoms with Gasteiger partial charge >= 0.3 is 17.4 Å². The van der Waals surface area contributed by atoms with Gasteiger partial charge in [0.15, 0.2) is 11.5 Å². The van der Waals surface area contributed by atoms with Gasteiger partial charge in [0.05, 0.1) is 12.0 Å². The molecule has 0 unspecified atom stereocenters. The van der Waals surface area contributed by atoms with Crippen LogP contribution in [0.15, 0.2) is 30.6 Å². The van der Waals surface area contributed by atoms with Crippen molar-refractivity contribution in [2.24, 2.45) is 0 Å². The van der Waals surface area contributed by atoms with Crippen LogP contribution in [0.5, 0.6) is 23.3 Å². The van der Waals surface area contributed by atoms with Gasteiger partial charge in [0, 0.05) is 0 Å². The van der Waals surface area contributed by atoms with Gasteiger partial charge in [0.25, 0.3) is 0 Å². The average Bonchev–Trinajstić information content (AvgIpc) is 2.40. The summed E-state index contributed by atoms with van der Waals surface area (Å²) in [6.45, 7) is 0. The van der Waals surface area contributed by atoms with Crippen LogP contribution in [0.1, 0.15) is 0 Å². The number of hydrogen-bond acceptors (Lipinski definition) is 7. The molecule has 0 fully saturated rings. The summed E-state index contributed by atoms with van der Waals surface area (Å²) >= 11 is 0. The summed E-state index contributed by atoms with van der Waals surface area (Å²) in [5, 5.41) is 20.5. The second-order valence-electron chi connectivity index (χ2n) is 3.36. The Bertz CT molecular complexity index is 617. The first-order valence-corrected chi connectivity index (χ1v) is 5.12. The molecule has 2 rings (SSSR count). The molecule has 2 aromatic rings. The lowest BCUT2D eigenvalue weighted by Gasteiger charge is -2.07. The molecule has 8 nitrogen and oxygen atoms in total. The number of para-hydroxylation sites is 2. The van der Waals surface area contributed by atoms with Gasteiger partial charge in [0.2, 0.25) is 0 Å². The summed E-state index contributed by atoms with van der Waals surface area (Å²) in [5.74, 6) is -0.635. The molecule has 98 valence electrons. The highest BCUT2D eigenvalue weighted by Gasteiger charge is 2.26. The largest absolute Gasteiger partial charge is 0.504 e. The predicted molar refractivity (Wildman–Crippen MR) is 63.4 cm³/mol. The van der Waals surface area contributed by atoms with Crippen LogP contribution >= 0.6 is 0 Å². The normalized spacial score (nSPS) is 9.95. The van der Waals surface area contributed by atoms with E-state index in [2.05, 4.69) is 9.97 Å². The molecule has 1 N–H and O–H groups in total. The van der Waals surface area contributed by atoms with Crippen LogP contribution in [0, 0.1) is 10.1 Å². The Morgan fingerprint density at radius 2 is 1.95 bits per heavy atom. The molecule has 1 aromatic carbocycles. The van der Waals surface area contributed by atoms with Gasteiger partial charge in [-0.1, -0.05) is 12.1 Å². The number of aromatic hydroxyl groups is 1. The Labute approximate surface area is 107 Å². The highest BCUT2D eigenvalue weighted by atomic mass is 16.6. The van der Waals surface area contributed by atoms with Gasteiger partial charge in [-0.3, -0.25) is 10.1 Å². The molecule has 19 heavy (non-hydrogen) atoms. The molecule has 0 saturated heterocycles. The molecule has 0 aliphatic heterocycles. The van der Waals surface area contributed by atoms with Crippen LogP contribution in [0.2, 0.25) is 0 Å². The van der Waals surface area contributed by atoms with Crippen molar-refractivity contribution < 1.29 is 19.5 Å². The van der Waals surface area contributed by atoms with E-state index in [9.17, 15) is 15.2 Å². The van der Waals surface area contributed by atoms with E-state index < -0.39 is 10.6 Å². The van der Waals surface area contributed by atoms with Crippen LogP contribution in [0.25, 0.3) is 0 Å². The fourth-order valence-corrected chi connectivity index (χ4v) is 1.38. The van der Waals surface area contributed by atoms with E-state index >= 15 is 0 Å². The Hall–Kier alpha value is -2.90. The quantitative estimate of drug-likeness (QED) is 0.662. The molecule has 8 heteroatoms. The number of hydrogen-bond donors (Lipinski definition) is 1. The zero-order valence-electron chi connectivity index (χ0n) is 9.81. The summed E-state index contributed by atoms with van der Waals surface area (Å²) in [5.41, 5.74) is -0.506. The predicted octanol–water partition coefficient (Wildman–Crippen LogP) is 1.89. The lowest BCUT2D eigenvalue weighted by molar-refractivity contribution is -0.387. The average molecular weight is 263 g/mol. The second kappa shape index (κ2) is 5.17. The fourth-order valence-electron chi connectivity index (χ4n) is 1.38. The molecule has 0 amide bonds. The van der Waals surface area contributed by atoms with Gasteiger partial charge in [-0.25, -0.2) is 0 Å². The number of benzene rings is 1. The monoisotopic (exact) mass is 263 g/mol. The number of phenolic OH excluding ortho intramolecular Hbond substituents is 1. The number of nitro groups is 1. The van der Waals surface area contributed by atoms with E-state index in [1.165, 1.54) is 19.2 Å². The standard InChI is InChI=1S/C11H9N3O5/c1-18-10-9(14(16)17)11(13-6-12-10)19-8-5-3-2-4-7(8)15/h2-6,15H,1H3. The zero-order valence-corrected chi connectivity index (χ0v) is 9.81. The van der Waals surface area contributed by atoms with E-state index in [1.54, 1.807) is 12.1 Å². The van der Waals surface area contributed by atoms with E-state index in [1.807, 2.05) is 0 Å². The first-order chi connectivity index (χ1) is 9.13. The van der Waals surface area contributed by atoms with Crippen molar-refractivity contribution >= 4 is 5.69 Å². The van der Waals surface area contributed by atoms with Crippen molar-refractivity contribution in [2.75, 3.05) is 7.11 Å². The highest BCUT2D eigenvalue weighted by Crippen LogP contribution is 2.37. The third-order valence-electron chi connectivity index (χ3n) is 2.20. The van der Waals surface area contributed by atoms with Crippen LogP contribution in [0.4, 0.5) is 5.69 Å². The van der Waals surface area contributed by atoms with Gasteiger partial charge in [0.1, 0.15) is 6.33 Å². The second-order valence-corrected chi connectivity index (χ2v) is 3.36. The topological polar surface area (TPSA) is 108 Å². The summed E-state index contributed by atoms with van der Waals surface area (Å²) in [4.78, 5) is 17.6. The van der Waals surface area contributed by atoms with Gasteiger partial charge in [-0.05, 0) is 12.1 Å². The number of nitrogens with zero attached hydrogens (tertiary/aromatic N) is 3. The Kier molecular flexibility index (Phi) is 3.42. The first-order valence-electron chi connectivity index (χ1n) is 5.12. The summed E-state index contributed by atoms with van der Waals surface area (Å²) in [6, 6.07) is 6.05. The van der Waals surface area contributed by atoms with Crippen LogP contribution < -0.4 is 9.47 Å². The minimum absolute atomic E-state index is 0.0475. The lowest BCUT2D eigenvalue weighted by atomic mass is 10.3. The fraction of sp³-hybridized carbons (Fsp3) is 0.0909. The number of aromatic nitrogens is 2. The van der Waals surface area contributed by atoms with Gasteiger partial charge in [-0.15, -0.1) is 0 Å². The first kappa shape index (κ1) is 12.6. The van der Waals surface area contributed by atoms with Crippen molar-refractivity contribution in [3.8, 4) is 23.3 Å². The molecular formula is C11H9N3O5. The molecule has 1 aromatic heterocycles. The molecule has 0 radical (unpaired) electrons. The maximum Gasteiger partial charge on any atom is 0.392 e. The Morgan fingerprint density at radius 1 is 1.26 bits per heavy atom. The zero-order chi connectivity index (χ0) is 13.8. The third kappa shape index (κ3) is 2.51. The van der Waals surface area contributed by atoms with E-state index in [-0.39, 0.29) is 23.3 Å². The van der Waals surface area contributed by atoms with Crippen molar-refractivity contribution in [3.63, 3.8) is 0 Å². The minimum Gasteiger partial charge on any atom is -0.504 e. The minimum atomic E-state index is -0.714. The molecule has 0 aliphatic carbocycles. The third-order valence-corrected chi connectivity index (χ3v) is 2.20. The van der Waals surface area contributed by atoms with Crippen molar-refractivity contribution in [2.45, 2.75) is 0 Å². The van der Waals surface area contributed by atoms with Crippen molar-refractivity contribution in [3.05, 3.63) is 40.7 Å². The Morgan fingerprint density at radius 3 is 2.58 bits per heavy atom. The Balaban J connectivity index is 2.46. The van der Waals surface area contributed by atoms with Gasteiger partial charge in [-0.2, -0.15) is 9.97 Å². The van der Waals surface area contributed by atoms with Crippen molar-refractivity contribution in [1.29, 1.82) is 0 Å². The highest BCUT2D eigenvalue weighted by molar-refractivity contribution is 5.52. The maximum absolute atomic E-state index is 11.0. The smallest absolute Gasteiger partial charge is 0.392 e. The summed E-state index contributed by atoms with van der Waals surface area (Å²) in [6.07, 6.45) is 1.07. The van der Waals surface area contributed by atoms with E-state index in [4.69, 9.17) is 9.47 Å². The molecule has 0 atom stereocenters. The van der Waals surface area contributed by atoms with Crippen molar-refractivity contribution in [1.82, 2.24) is 9.97 Å². The molecule has 0 saturated carbocycles. The SMILES string of the molecule is COc1ncnc(Oc2ccccc2O)c1[N+](=O)[O-]. The van der Waals surface area contributed by atoms with E-state index in [0.29, 0.717) is 0 Å². The number of rotatable bonds is 4. The molecular weight excluding hydrogens is 254 g/mol. The van der Waals surface area contributed by atoms with Crippen LogP contribution in [0.3, 0.4) is 0 Å². The summed E-state index contributed by atoms with van der Waals surface area (Å²) in [7, 11) is 1.25. The summed E-state index contributed by atoms with van der Waals surface area (Å²) < 4.78 is 10.0. The van der Waals surface area contributed by atoms with Crippen LogP contribution in [-0.4, -0.2) is 27.1 Å². The molecule has 1 heterocycles. The number of phenols is 1. The van der Waals surface area contributed by atoms with Crippen LogP contribution in [-0.2, 0) is 0 Å². The lowest BCUT2D eigenvalue weighted by Crippen LogP contribution is -2.01. The van der Waals surface area contributed by atoms with Gasteiger partial charge < -0.3 is 14.6 Å². The maximum atomic E-state index is 11.0. The van der Waals surface area contributed by atoms with E-state index in [0.717, 1.165) is 6.33 Å². The molecule has 0 aliphatic rings. The number of methoxy groups -OCH3 is 1. The molecule has 0 spiro atoms. The molecule has 0 bridgehead atoms. The number of ether oxygens (including phenoxy) is 2.